The Hall–Kier alpha value is -2.69. The van der Waals surface area contributed by atoms with E-state index in [0.29, 0.717) is 11.3 Å². The molecule has 0 aliphatic heterocycles. The highest BCUT2D eigenvalue weighted by atomic mass is 19.1. The van der Waals surface area contributed by atoms with Gasteiger partial charge in [0.2, 0.25) is 5.91 Å². The van der Waals surface area contributed by atoms with E-state index >= 15 is 0 Å². The van der Waals surface area contributed by atoms with Gasteiger partial charge in [0.1, 0.15) is 5.82 Å². The van der Waals surface area contributed by atoms with Crippen molar-refractivity contribution in [3.63, 3.8) is 0 Å². The van der Waals surface area contributed by atoms with Crippen molar-refractivity contribution >= 4 is 23.2 Å². The fraction of sp³-hybridized carbons (Fsp3) is 0.176. The minimum Gasteiger partial charge on any atom is -0.324 e. The Morgan fingerprint density at radius 1 is 1.05 bits per heavy atom. The lowest BCUT2D eigenvalue weighted by molar-refractivity contribution is -0.114. The fourth-order valence-electron chi connectivity index (χ4n) is 2.08. The molecule has 0 saturated carbocycles. The van der Waals surface area contributed by atoms with E-state index in [-0.39, 0.29) is 17.5 Å². The lowest BCUT2D eigenvalue weighted by Crippen LogP contribution is -2.14. The van der Waals surface area contributed by atoms with Gasteiger partial charge in [-0.05, 0) is 49.2 Å². The molecule has 0 aliphatic carbocycles. The van der Waals surface area contributed by atoms with Crippen molar-refractivity contribution in [1.82, 2.24) is 0 Å². The van der Waals surface area contributed by atoms with Crippen LogP contribution in [-0.4, -0.2) is 11.8 Å². The fourth-order valence-corrected chi connectivity index (χ4v) is 2.08. The molecule has 0 saturated heterocycles. The van der Waals surface area contributed by atoms with Crippen molar-refractivity contribution in [2.75, 3.05) is 10.6 Å². The molecule has 0 aliphatic rings. The van der Waals surface area contributed by atoms with Crippen molar-refractivity contribution < 1.29 is 14.0 Å². The summed E-state index contributed by atoms with van der Waals surface area (Å²) in [6, 6.07) is 9.51. The predicted octanol–water partition coefficient (Wildman–Crippen LogP) is 3.65. The maximum absolute atomic E-state index is 13.6. The lowest BCUT2D eigenvalue weighted by atomic mass is 10.0. The third-order valence-corrected chi connectivity index (χ3v) is 3.38. The SMILES string of the molecule is CC(=O)Nc1cc(NC(=O)c2cccc(C)c2C)ccc1F. The summed E-state index contributed by atoms with van der Waals surface area (Å²) < 4.78 is 13.6. The van der Waals surface area contributed by atoms with Gasteiger partial charge in [-0.15, -0.1) is 0 Å². The van der Waals surface area contributed by atoms with Gasteiger partial charge in [0.05, 0.1) is 5.69 Å². The highest BCUT2D eigenvalue weighted by molar-refractivity contribution is 6.05. The Balaban J connectivity index is 2.25. The Labute approximate surface area is 128 Å². The Morgan fingerprint density at radius 3 is 2.45 bits per heavy atom. The van der Waals surface area contributed by atoms with Gasteiger partial charge >= 0.3 is 0 Å². The molecular weight excluding hydrogens is 283 g/mol. The summed E-state index contributed by atoms with van der Waals surface area (Å²) in [7, 11) is 0. The number of hydrogen-bond acceptors (Lipinski definition) is 2. The molecular formula is C17H17FN2O2. The van der Waals surface area contributed by atoms with E-state index in [1.807, 2.05) is 26.0 Å². The van der Waals surface area contributed by atoms with Crippen LogP contribution in [0.25, 0.3) is 0 Å². The number of halogens is 1. The zero-order valence-corrected chi connectivity index (χ0v) is 12.7. The number of hydrogen-bond donors (Lipinski definition) is 2. The Bertz CT molecular complexity index is 741. The molecule has 0 aromatic heterocycles. The first kappa shape index (κ1) is 15.7. The molecule has 2 N–H and O–H groups in total. The lowest BCUT2D eigenvalue weighted by Gasteiger charge is -2.11. The van der Waals surface area contributed by atoms with Crippen LogP contribution in [0.1, 0.15) is 28.4 Å². The second kappa shape index (κ2) is 6.39. The summed E-state index contributed by atoms with van der Waals surface area (Å²) >= 11 is 0. The maximum atomic E-state index is 13.6. The van der Waals surface area contributed by atoms with Crippen LogP contribution in [0.2, 0.25) is 0 Å². The topological polar surface area (TPSA) is 58.2 Å². The molecule has 0 unspecified atom stereocenters. The molecule has 0 fully saturated rings. The zero-order valence-electron chi connectivity index (χ0n) is 12.7. The van der Waals surface area contributed by atoms with Crippen LogP contribution in [0.15, 0.2) is 36.4 Å². The van der Waals surface area contributed by atoms with Gasteiger partial charge in [-0.1, -0.05) is 12.1 Å². The van der Waals surface area contributed by atoms with Crippen molar-refractivity contribution in [2.24, 2.45) is 0 Å². The molecule has 2 aromatic carbocycles. The van der Waals surface area contributed by atoms with Crippen LogP contribution >= 0.6 is 0 Å². The molecule has 2 amide bonds. The summed E-state index contributed by atoms with van der Waals surface area (Å²) in [5.74, 6) is -1.21. The number of rotatable bonds is 3. The molecule has 5 heteroatoms. The van der Waals surface area contributed by atoms with E-state index < -0.39 is 5.82 Å². The second-order valence-corrected chi connectivity index (χ2v) is 5.08. The monoisotopic (exact) mass is 300 g/mol. The number of carbonyl (C=O) groups is 2. The summed E-state index contributed by atoms with van der Waals surface area (Å²) in [5, 5.41) is 5.09. The second-order valence-electron chi connectivity index (χ2n) is 5.08. The Kier molecular flexibility index (Phi) is 4.56. The molecule has 2 rings (SSSR count). The number of nitrogens with one attached hydrogen (secondary N) is 2. The highest BCUT2D eigenvalue weighted by Crippen LogP contribution is 2.21. The van der Waals surface area contributed by atoms with Crippen LogP contribution in [0.4, 0.5) is 15.8 Å². The molecule has 22 heavy (non-hydrogen) atoms. The van der Waals surface area contributed by atoms with Crippen LogP contribution in [0, 0.1) is 19.7 Å². The molecule has 0 spiro atoms. The molecule has 0 bridgehead atoms. The van der Waals surface area contributed by atoms with Crippen molar-refractivity contribution in [2.45, 2.75) is 20.8 Å². The summed E-state index contributed by atoms with van der Waals surface area (Å²) in [6.45, 7) is 5.09. The van der Waals surface area contributed by atoms with E-state index in [0.717, 1.165) is 11.1 Å². The van der Waals surface area contributed by atoms with Crippen LogP contribution in [0.5, 0.6) is 0 Å². The summed E-state index contributed by atoms with van der Waals surface area (Å²) in [4.78, 5) is 23.4. The van der Waals surface area contributed by atoms with Crippen molar-refractivity contribution in [3.8, 4) is 0 Å². The van der Waals surface area contributed by atoms with Gasteiger partial charge < -0.3 is 10.6 Å². The number of amides is 2. The zero-order chi connectivity index (χ0) is 16.3. The predicted molar refractivity (Wildman–Crippen MR) is 84.6 cm³/mol. The first-order chi connectivity index (χ1) is 10.4. The largest absolute Gasteiger partial charge is 0.324 e. The standard InChI is InChI=1S/C17H17FN2O2/c1-10-5-4-6-14(11(10)2)17(22)20-13-7-8-15(18)16(9-13)19-12(3)21/h4-9H,1-3H3,(H,19,21)(H,20,22). The van der Waals surface area contributed by atoms with E-state index in [2.05, 4.69) is 10.6 Å². The van der Waals surface area contributed by atoms with Crippen molar-refractivity contribution in [1.29, 1.82) is 0 Å². The smallest absolute Gasteiger partial charge is 0.255 e. The van der Waals surface area contributed by atoms with Gasteiger partial charge in [0, 0.05) is 18.2 Å². The average Bonchev–Trinajstić information content (AvgIpc) is 2.45. The van der Waals surface area contributed by atoms with Crippen molar-refractivity contribution in [3.05, 3.63) is 58.9 Å². The normalized spacial score (nSPS) is 10.2. The van der Waals surface area contributed by atoms with Crippen LogP contribution in [-0.2, 0) is 4.79 Å². The molecule has 0 atom stereocenters. The minimum absolute atomic E-state index is 0.0336. The van der Waals surface area contributed by atoms with Gasteiger partial charge in [-0.2, -0.15) is 0 Å². The third-order valence-electron chi connectivity index (χ3n) is 3.38. The molecule has 4 nitrogen and oxygen atoms in total. The van der Waals surface area contributed by atoms with Gasteiger partial charge in [0.25, 0.3) is 5.91 Å². The average molecular weight is 300 g/mol. The Morgan fingerprint density at radius 2 is 1.77 bits per heavy atom. The number of anilines is 2. The van der Waals surface area contributed by atoms with E-state index in [1.54, 1.807) is 6.07 Å². The van der Waals surface area contributed by atoms with Crippen LogP contribution < -0.4 is 10.6 Å². The van der Waals surface area contributed by atoms with E-state index in [9.17, 15) is 14.0 Å². The minimum atomic E-state index is -0.556. The summed E-state index contributed by atoms with van der Waals surface area (Å²) in [6.07, 6.45) is 0. The van der Waals surface area contributed by atoms with E-state index in [1.165, 1.54) is 25.1 Å². The number of carbonyl (C=O) groups excluding carboxylic acids is 2. The quantitative estimate of drug-likeness (QED) is 0.909. The number of aryl methyl sites for hydroxylation is 1. The van der Waals surface area contributed by atoms with Gasteiger partial charge in [0.15, 0.2) is 0 Å². The number of benzene rings is 2. The molecule has 0 radical (unpaired) electrons. The van der Waals surface area contributed by atoms with Gasteiger partial charge in [-0.3, -0.25) is 9.59 Å². The molecule has 2 aromatic rings. The van der Waals surface area contributed by atoms with Gasteiger partial charge in [-0.25, -0.2) is 4.39 Å². The van der Waals surface area contributed by atoms with Crippen LogP contribution in [0.3, 0.4) is 0 Å². The highest BCUT2D eigenvalue weighted by Gasteiger charge is 2.12. The maximum Gasteiger partial charge on any atom is 0.255 e. The third kappa shape index (κ3) is 3.49. The molecule has 114 valence electrons. The molecule has 0 heterocycles. The first-order valence-electron chi connectivity index (χ1n) is 6.83. The summed E-state index contributed by atoms with van der Waals surface area (Å²) in [5.41, 5.74) is 2.92. The van der Waals surface area contributed by atoms with E-state index in [4.69, 9.17) is 0 Å². The first-order valence-corrected chi connectivity index (χ1v) is 6.83.